The minimum absolute atomic E-state index is 0.0194. The number of anilines is 1. The lowest BCUT2D eigenvalue weighted by atomic mass is 10.1. The standard InChI is InChI=1S/C17H22ClN4O2S/c18-13-3-1-4-14(11-13)22(9-2-7-21-8-10-22)17-6-5-15(12-16(17)19)25(20,23)24/h1,3-6,11-12,21H,2,7-10,19H2,(H2,20,23,24)/q+1. The average molecular weight is 382 g/mol. The van der Waals surface area contributed by atoms with E-state index in [-0.39, 0.29) is 4.90 Å². The van der Waals surface area contributed by atoms with Crippen LogP contribution >= 0.6 is 11.6 Å². The van der Waals surface area contributed by atoms with Crippen LogP contribution in [-0.4, -0.2) is 34.6 Å². The molecule has 0 aromatic heterocycles. The second-order valence-electron chi connectivity index (χ2n) is 6.26. The summed E-state index contributed by atoms with van der Waals surface area (Å²) in [5.74, 6) is 0. The fourth-order valence-electron chi connectivity index (χ4n) is 3.46. The van der Waals surface area contributed by atoms with Crippen molar-refractivity contribution in [1.82, 2.24) is 9.80 Å². The first-order valence-corrected chi connectivity index (χ1v) is 10.0. The van der Waals surface area contributed by atoms with Crippen molar-refractivity contribution in [1.29, 1.82) is 0 Å². The zero-order valence-electron chi connectivity index (χ0n) is 13.8. The summed E-state index contributed by atoms with van der Waals surface area (Å²) >= 11 is 6.23. The van der Waals surface area contributed by atoms with Gasteiger partial charge in [0, 0.05) is 36.7 Å². The highest BCUT2D eigenvalue weighted by atomic mass is 35.5. The summed E-state index contributed by atoms with van der Waals surface area (Å²) in [6, 6.07) is 12.5. The molecule has 1 aliphatic heterocycles. The lowest BCUT2D eigenvalue weighted by molar-refractivity contribution is 0.406. The summed E-state index contributed by atoms with van der Waals surface area (Å²) in [6.07, 6.45) is 0.961. The van der Waals surface area contributed by atoms with Crippen molar-refractivity contribution in [2.75, 3.05) is 31.9 Å². The molecule has 0 spiro atoms. The van der Waals surface area contributed by atoms with Crippen LogP contribution in [0.4, 0.5) is 17.1 Å². The minimum Gasteiger partial charge on any atom is -0.394 e. The molecule has 1 fully saturated rings. The van der Waals surface area contributed by atoms with E-state index in [1.54, 1.807) is 6.07 Å². The molecule has 0 amide bonds. The normalized spacial score (nSPS) is 21.7. The van der Waals surface area contributed by atoms with Crippen LogP contribution < -0.4 is 20.7 Å². The van der Waals surface area contributed by atoms with Gasteiger partial charge >= 0.3 is 0 Å². The van der Waals surface area contributed by atoms with Crippen molar-refractivity contribution < 1.29 is 8.42 Å². The maximum absolute atomic E-state index is 11.6. The molecule has 6 nitrogen and oxygen atoms in total. The zero-order valence-corrected chi connectivity index (χ0v) is 15.4. The monoisotopic (exact) mass is 381 g/mol. The fraction of sp³-hybridized carbons (Fsp3) is 0.294. The summed E-state index contributed by atoms with van der Waals surface area (Å²) in [7, 11) is -3.79. The predicted octanol–water partition coefficient (Wildman–Crippen LogP) is 2.20. The third kappa shape index (κ3) is 3.65. The molecule has 1 heterocycles. The van der Waals surface area contributed by atoms with E-state index >= 15 is 0 Å². The van der Waals surface area contributed by atoms with Gasteiger partial charge in [-0.15, -0.1) is 0 Å². The molecule has 0 aliphatic carbocycles. The SMILES string of the molecule is Nc1cc(S(N)(=O)=O)ccc1[N+]1(c2cccc(Cl)c2)CCCNCC1. The number of sulfonamides is 1. The molecule has 2 aromatic rings. The smallest absolute Gasteiger partial charge is 0.238 e. The number of nitrogens with two attached hydrogens (primary N) is 2. The van der Waals surface area contributed by atoms with E-state index in [1.807, 2.05) is 24.3 Å². The van der Waals surface area contributed by atoms with Crippen LogP contribution in [0.2, 0.25) is 5.02 Å². The van der Waals surface area contributed by atoms with Crippen LogP contribution in [0, 0.1) is 0 Å². The molecule has 134 valence electrons. The fourth-order valence-corrected chi connectivity index (χ4v) is 4.19. The molecule has 0 bridgehead atoms. The van der Waals surface area contributed by atoms with Gasteiger partial charge in [0.2, 0.25) is 10.0 Å². The van der Waals surface area contributed by atoms with Crippen LogP contribution in [0.5, 0.6) is 0 Å². The Hall–Kier alpha value is -1.64. The topological polar surface area (TPSA) is 98.2 Å². The highest BCUT2D eigenvalue weighted by Gasteiger charge is 2.36. The Morgan fingerprint density at radius 1 is 1.08 bits per heavy atom. The quantitative estimate of drug-likeness (QED) is 0.560. The molecule has 8 heteroatoms. The third-order valence-electron chi connectivity index (χ3n) is 4.65. The van der Waals surface area contributed by atoms with Crippen molar-refractivity contribution in [2.24, 2.45) is 5.14 Å². The van der Waals surface area contributed by atoms with Crippen LogP contribution in [0.15, 0.2) is 47.4 Å². The van der Waals surface area contributed by atoms with Gasteiger partial charge in [-0.05, 0) is 24.3 Å². The summed E-state index contributed by atoms with van der Waals surface area (Å²) in [6.45, 7) is 3.38. The minimum atomic E-state index is -3.79. The van der Waals surface area contributed by atoms with E-state index in [1.165, 1.54) is 12.1 Å². The molecule has 1 atom stereocenters. The number of halogens is 1. The van der Waals surface area contributed by atoms with E-state index in [2.05, 4.69) is 5.32 Å². The van der Waals surface area contributed by atoms with Crippen molar-refractivity contribution in [3.63, 3.8) is 0 Å². The first-order valence-electron chi connectivity index (χ1n) is 8.10. The first-order chi connectivity index (χ1) is 11.8. The molecule has 3 rings (SSSR count). The number of benzene rings is 2. The van der Waals surface area contributed by atoms with Crippen LogP contribution in [-0.2, 0) is 10.0 Å². The molecule has 1 saturated heterocycles. The van der Waals surface area contributed by atoms with Crippen molar-refractivity contribution in [3.05, 3.63) is 47.5 Å². The highest BCUT2D eigenvalue weighted by Crippen LogP contribution is 2.40. The maximum atomic E-state index is 11.6. The van der Waals surface area contributed by atoms with Crippen LogP contribution in [0.25, 0.3) is 0 Å². The largest absolute Gasteiger partial charge is 0.394 e. The Balaban J connectivity index is 2.18. The van der Waals surface area contributed by atoms with E-state index in [0.717, 1.165) is 44.0 Å². The highest BCUT2D eigenvalue weighted by molar-refractivity contribution is 7.89. The third-order valence-corrected chi connectivity index (χ3v) is 5.80. The van der Waals surface area contributed by atoms with Gasteiger partial charge in [-0.25, -0.2) is 13.6 Å². The van der Waals surface area contributed by atoms with Gasteiger partial charge in [-0.1, -0.05) is 17.7 Å². The lowest BCUT2D eigenvalue weighted by Gasteiger charge is -2.37. The molecular weight excluding hydrogens is 360 g/mol. The van der Waals surface area contributed by atoms with Gasteiger partial charge in [0.1, 0.15) is 12.2 Å². The Morgan fingerprint density at radius 3 is 2.56 bits per heavy atom. The van der Waals surface area contributed by atoms with E-state index in [0.29, 0.717) is 15.2 Å². The van der Waals surface area contributed by atoms with E-state index in [9.17, 15) is 8.42 Å². The van der Waals surface area contributed by atoms with Gasteiger partial charge in [0.05, 0.1) is 17.1 Å². The average Bonchev–Trinajstić information content (AvgIpc) is 2.81. The number of hydrogen-bond acceptors (Lipinski definition) is 4. The number of primary sulfonamides is 1. The maximum Gasteiger partial charge on any atom is 0.238 e. The van der Waals surface area contributed by atoms with Gasteiger partial charge in [0.25, 0.3) is 0 Å². The van der Waals surface area contributed by atoms with Gasteiger partial charge in [0.15, 0.2) is 5.69 Å². The predicted molar refractivity (Wildman–Crippen MR) is 102 cm³/mol. The molecule has 1 aliphatic rings. The number of nitrogens with zero attached hydrogens (tertiary/aromatic N) is 1. The Labute approximate surface area is 153 Å². The van der Waals surface area contributed by atoms with Gasteiger partial charge < -0.3 is 11.1 Å². The van der Waals surface area contributed by atoms with Gasteiger partial charge in [-0.3, -0.25) is 4.48 Å². The summed E-state index contributed by atoms with van der Waals surface area (Å²) < 4.78 is 23.7. The number of rotatable bonds is 3. The number of quaternary nitrogens is 1. The molecule has 1 unspecified atom stereocenters. The number of nitrogens with one attached hydrogen (secondary N) is 1. The Morgan fingerprint density at radius 2 is 1.88 bits per heavy atom. The summed E-state index contributed by atoms with van der Waals surface area (Å²) in [5.41, 5.74) is 8.58. The van der Waals surface area contributed by atoms with E-state index in [4.69, 9.17) is 22.5 Å². The lowest BCUT2D eigenvalue weighted by Crippen LogP contribution is -2.47. The summed E-state index contributed by atoms with van der Waals surface area (Å²) in [4.78, 5) is 0.0194. The second-order valence-corrected chi connectivity index (χ2v) is 8.26. The number of nitrogen functional groups attached to an aromatic ring is 1. The van der Waals surface area contributed by atoms with Gasteiger partial charge in [-0.2, -0.15) is 0 Å². The number of hydrogen-bond donors (Lipinski definition) is 3. The van der Waals surface area contributed by atoms with E-state index < -0.39 is 10.0 Å². The molecule has 25 heavy (non-hydrogen) atoms. The van der Waals surface area contributed by atoms with Crippen LogP contribution in [0.1, 0.15) is 6.42 Å². The van der Waals surface area contributed by atoms with Crippen molar-refractivity contribution in [3.8, 4) is 0 Å². The molecule has 2 aromatic carbocycles. The second kappa shape index (κ2) is 6.93. The zero-order chi connectivity index (χ0) is 18.1. The summed E-state index contributed by atoms with van der Waals surface area (Å²) in [5, 5.41) is 9.29. The Bertz CT molecular complexity index is 878. The van der Waals surface area contributed by atoms with Crippen molar-refractivity contribution in [2.45, 2.75) is 11.3 Å². The first kappa shape index (κ1) is 18.2. The molecule has 0 saturated carbocycles. The molecular formula is C17H22ClN4O2S+. The molecule has 0 radical (unpaired) electrons. The van der Waals surface area contributed by atoms with Crippen LogP contribution in [0.3, 0.4) is 0 Å². The van der Waals surface area contributed by atoms with Crippen molar-refractivity contribution >= 4 is 38.7 Å². The molecule has 5 N–H and O–H groups in total. The Kier molecular flexibility index (Phi) is 5.04.